The lowest BCUT2D eigenvalue weighted by Crippen LogP contribution is -2.26. The zero-order valence-corrected chi connectivity index (χ0v) is 19.5. The summed E-state index contributed by atoms with van der Waals surface area (Å²) < 4.78 is 35.3. The van der Waals surface area contributed by atoms with E-state index >= 15 is 0 Å². The van der Waals surface area contributed by atoms with Crippen LogP contribution in [0.1, 0.15) is 19.8 Å². The van der Waals surface area contributed by atoms with Crippen molar-refractivity contribution < 1.29 is 13.5 Å². The van der Waals surface area contributed by atoms with Crippen LogP contribution < -0.4 is 10.6 Å². The molecule has 0 spiro atoms. The summed E-state index contributed by atoms with van der Waals surface area (Å²) in [5.74, 6) is -2.33. The lowest BCUT2D eigenvalue weighted by atomic mass is 10.1. The van der Waals surface area contributed by atoms with Crippen molar-refractivity contribution in [2.24, 2.45) is 0 Å². The molecular formula is C23H30F2N5OS+. The van der Waals surface area contributed by atoms with Crippen LogP contribution in [-0.2, 0) is 22.4 Å². The predicted octanol–water partition coefficient (Wildman–Crippen LogP) is 4.16. The van der Waals surface area contributed by atoms with E-state index in [1.54, 1.807) is 17.2 Å². The van der Waals surface area contributed by atoms with Crippen LogP contribution in [0.2, 0.25) is 0 Å². The van der Waals surface area contributed by atoms with E-state index in [1.165, 1.54) is 0 Å². The standard InChI is InChI=1S/C23H30F2N5OS/c1-16(32(2)3)9-13-31-15-30-19-7-5-4-6-17(19)21(28-30)18-8-11-27-22(20(18)26)29-12-10-23(24,25)14-29/h4-8,11,16H,9-10,12-15,26H2,1-3H3/q+1/t16-/m1/s1. The van der Waals surface area contributed by atoms with Gasteiger partial charge in [0.1, 0.15) is 17.7 Å². The highest BCUT2D eigenvalue weighted by atomic mass is 32.2. The molecule has 1 saturated heterocycles. The van der Waals surface area contributed by atoms with Crippen molar-refractivity contribution >= 4 is 33.3 Å². The first-order chi connectivity index (χ1) is 15.3. The molecule has 2 aromatic heterocycles. The van der Waals surface area contributed by atoms with Gasteiger partial charge in [0.2, 0.25) is 0 Å². The first-order valence-corrected chi connectivity index (χ1v) is 12.8. The van der Waals surface area contributed by atoms with Crippen LogP contribution in [0.25, 0.3) is 22.2 Å². The number of nitrogens with zero attached hydrogens (tertiary/aromatic N) is 4. The molecule has 3 aromatic rings. The number of hydrogen-bond acceptors (Lipinski definition) is 5. The number of anilines is 2. The fourth-order valence-electron chi connectivity index (χ4n) is 3.90. The van der Waals surface area contributed by atoms with E-state index in [9.17, 15) is 8.78 Å². The van der Waals surface area contributed by atoms with Gasteiger partial charge in [-0.25, -0.2) is 18.4 Å². The summed E-state index contributed by atoms with van der Waals surface area (Å²) in [5, 5.41) is 6.34. The van der Waals surface area contributed by atoms with E-state index in [0.717, 1.165) is 17.3 Å². The summed E-state index contributed by atoms with van der Waals surface area (Å²) in [7, 11) is 0.364. The minimum atomic E-state index is -2.72. The summed E-state index contributed by atoms with van der Waals surface area (Å²) in [6, 6.07) is 9.67. The van der Waals surface area contributed by atoms with Crippen LogP contribution in [-0.4, -0.2) is 58.1 Å². The van der Waals surface area contributed by atoms with E-state index in [4.69, 9.17) is 15.6 Å². The number of rotatable bonds is 8. The van der Waals surface area contributed by atoms with Crippen molar-refractivity contribution in [3.63, 3.8) is 0 Å². The second-order valence-electron chi connectivity index (χ2n) is 8.50. The van der Waals surface area contributed by atoms with Crippen molar-refractivity contribution in [1.29, 1.82) is 0 Å². The smallest absolute Gasteiger partial charge is 0.266 e. The van der Waals surface area contributed by atoms with Gasteiger partial charge in [0, 0.05) is 36.5 Å². The number of fused-ring (bicyclic) bond motifs is 1. The highest BCUT2D eigenvalue weighted by Crippen LogP contribution is 2.38. The van der Waals surface area contributed by atoms with Gasteiger partial charge in [-0.1, -0.05) is 18.2 Å². The van der Waals surface area contributed by atoms with Crippen molar-refractivity contribution in [3.8, 4) is 11.3 Å². The fraction of sp³-hybridized carbons (Fsp3) is 0.478. The van der Waals surface area contributed by atoms with Gasteiger partial charge in [-0.15, -0.1) is 0 Å². The van der Waals surface area contributed by atoms with Gasteiger partial charge in [0.25, 0.3) is 5.92 Å². The summed E-state index contributed by atoms with van der Waals surface area (Å²) in [5.41, 5.74) is 9.14. The maximum Gasteiger partial charge on any atom is 0.266 e. The monoisotopic (exact) mass is 462 g/mol. The van der Waals surface area contributed by atoms with Gasteiger partial charge < -0.3 is 15.4 Å². The van der Waals surface area contributed by atoms with Crippen molar-refractivity contribution in [3.05, 3.63) is 36.5 Å². The molecule has 1 aliphatic rings. The van der Waals surface area contributed by atoms with Crippen molar-refractivity contribution in [1.82, 2.24) is 14.8 Å². The molecule has 2 N–H and O–H groups in total. The summed E-state index contributed by atoms with van der Waals surface area (Å²) in [6.07, 6.45) is 6.91. The first kappa shape index (κ1) is 22.8. The number of benzene rings is 1. The summed E-state index contributed by atoms with van der Waals surface area (Å²) in [4.78, 5) is 5.85. The van der Waals surface area contributed by atoms with Crippen molar-refractivity contribution in [2.75, 3.05) is 42.8 Å². The molecule has 9 heteroatoms. The van der Waals surface area contributed by atoms with Gasteiger partial charge in [0.05, 0.1) is 36.9 Å². The Hall–Kier alpha value is -2.39. The van der Waals surface area contributed by atoms with Gasteiger partial charge in [-0.2, -0.15) is 5.10 Å². The average molecular weight is 463 g/mol. The van der Waals surface area contributed by atoms with E-state index < -0.39 is 5.92 Å². The Morgan fingerprint density at radius 2 is 2.03 bits per heavy atom. The van der Waals surface area contributed by atoms with Crippen LogP contribution in [0.15, 0.2) is 36.5 Å². The first-order valence-electron chi connectivity index (χ1n) is 10.7. The minimum absolute atomic E-state index is 0.191. The van der Waals surface area contributed by atoms with Gasteiger partial charge in [-0.3, -0.25) is 0 Å². The largest absolute Gasteiger partial charge is 0.395 e. The maximum atomic E-state index is 13.7. The Balaban J connectivity index is 1.61. The number of halogens is 2. The van der Waals surface area contributed by atoms with Crippen LogP contribution in [0, 0.1) is 0 Å². The number of ether oxygens (including phenoxy) is 1. The third-order valence-electron chi connectivity index (χ3n) is 6.04. The van der Waals surface area contributed by atoms with Crippen LogP contribution in [0.4, 0.5) is 20.3 Å². The zero-order chi connectivity index (χ0) is 22.9. The third kappa shape index (κ3) is 4.68. The Bertz CT molecular complexity index is 1090. The van der Waals surface area contributed by atoms with E-state index in [0.29, 0.717) is 52.2 Å². The molecule has 0 radical (unpaired) electrons. The predicted molar refractivity (Wildman–Crippen MR) is 128 cm³/mol. The Kier molecular flexibility index (Phi) is 6.57. The molecule has 4 rings (SSSR count). The quantitative estimate of drug-likeness (QED) is 0.402. The molecule has 172 valence electrons. The topological polar surface area (TPSA) is 69.2 Å². The molecule has 0 unspecified atom stereocenters. The number of alkyl halides is 2. The second kappa shape index (κ2) is 9.23. The number of aromatic nitrogens is 3. The molecule has 6 nitrogen and oxygen atoms in total. The van der Waals surface area contributed by atoms with Crippen molar-refractivity contribution in [2.45, 2.75) is 37.7 Å². The van der Waals surface area contributed by atoms with Gasteiger partial charge >= 0.3 is 0 Å². The molecule has 1 aliphatic heterocycles. The molecule has 1 aromatic carbocycles. The number of nitrogen functional groups attached to an aromatic ring is 1. The molecule has 1 fully saturated rings. The summed E-state index contributed by atoms with van der Waals surface area (Å²) >= 11 is 0. The lowest BCUT2D eigenvalue weighted by molar-refractivity contribution is 0.0257. The van der Waals surface area contributed by atoms with Gasteiger partial charge in [0.15, 0.2) is 5.82 Å². The molecule has 1 atom stereocenters. The normalized spacial score (nSPS) is 16.9. The fourth-order valence-corrected chi connectivity index (χ4v) is 4.47. The Labute approximate surface area is 190 Å². The van der Waals surface area contributed by atoms with E-state index in [-0.39, 0.29) is 19.5 Å². The highest BCUT2D eigenvalue weighted by Gasteiger charge is 2.39. The van der Waals surface area contributed by atoms with E-state index in [2.05, 4.69) is 24.4 Å². The lowest BCUT2D eigenvalue weighted by Gasteiger charge is -2.20. The minimum Gasteiger partial charge on any atom is -0.395 e. The number of nitrogens with two attached hydrogens (primary N) is 1. The van der Waals surface area contributed by atoms with Crippen LogP contribution in [0.3, 0.4) is 0 Å². The van der Waals surface area contributed by atoms with Crippen LogP contribution in [0.5, 0.6) is 0 Å². The Morgan fingerprint density at radius 1 is 1.25 bits per heavy atom. The molecule has 0 amide bonds. The highest BCUT2D eigenvalue weighted by molar-refractivity contribution is 7.96. The molecule has 0 saturated carbocycles. The Morgan fingerprint density at radius 3 is 2.75 bits per heavy atom. The molecule has 0 aliphatic carbocycles. The number of pyridine rings is 1. The maximum absolute atomic E-state index is 13.7. The summed E-state index contributed by atoms with van der Waals surface area (Å²) in [6.45, 7) is 3.11. The van der Waals surface area contributed by atoms with Gasteiger partial charge in [-0.05, 0) is 30.0 Å². The number of hydrogen-bond donors (Lipinski definition) is 1. The zero-order valence-electron chi connectivity index (χ0n) is 18.7. The van der Waals surface area contributed by atoms with E-state index in [1.807, 2.05) is 28.9 Å². The third-order valence-corrected chi connectivity index (χ3v) is 7.88. The molecule has 0 bridgehead atoms. The SMILES string of the molecule is C[C@H](CCOCn1nc(-c2ccnc(N3CCC(F)(F)C3)c2N)c2ccccc21)[S+](C)C. The van der Waals surface area contributed by atoms with Crippen LogP contribution >= 0.6 is 0 Å². The average Bonchev–Trinajstić information content (AvgIpc) is 3.31. The second-order valence-corrected chi connectivity index (χ2v) is 11.1. The molecule has 32 heavy (non-hydrogen) atoms. The molecular weight excluding hydrogens is 432 g/mol. The molecule has 3 heterocycles. The number of para-hydroxylation sites is 1.